The summed E-state index contributed by atoms with van der Waals surface area (Å²) in [6.07, 6.45) is 1.12. The molecule has 2 aliphatic heterocycles. The van der Waals surface area contributed by atoms with Crippen molar-refractivity contribution < 1.29 is 24.2 Å². The van der Waals surface area contributed by atoms with E-state index in [4.69, 9.17) is 9.84 Å². The van der Waals surface area contributed by atoms with Crippen LogP contribution in [0.2, 0.25) is 0 Å². The summed E-state index contributed by atoms with van der Waals surface area (Å²) in [5, 5.41) is 9.16. The first-order chi connectivity index (χ1) is 12.1. The van der Waals surface area contributed by atoms with E-state index in [0.29, 0.717) is 19.5 Å². The van der Waals surface area contributed by atoms with Crippen LogP contribution in [-0.2, 0) is 19.1 Å². The van der Waals surface area contributed by atoms with Gasteiger partial charge in [0.05, 0.1) is 13.2 Å². The second-order valence-corrected chi connectivity index (χ2v) is 6.34. The summed E-state index contributed by atoms with van der Waals surface area (Å²) in [7, 11) is 0. The third-order valence-corrected chi connectivity index (χ3v) is 4.67. The van der Waals surface area contributed by atoms with Crippen LogP contribution in [0, 0.1) is 0 Å². The fraction of sp³-hybridized carbons (Fsp3) is 0.500. The highest BCUT2D eigenvalue weighted by Crippen LogP contribution is 2.28. The molecule has 0 spiro atoms. The van der Waals surface area contributed by atoms with Crippen molar-refractivity contribution in [1.29, 1.82) is 0 Å². The molecule has 0 radical (unpaired) electrons. The Labute approximate surface area is 146 Å². The largest absolute Gasteiger partial charge is 0.479 e. The lowest BCUT2D eigenvalue weighted by Crippen LogP contribution is -2.53. The Hall–Kier alpha value is -2.41. The molecule has 1 N–H and O–H groups in total. The van der Waals surface area contributed by atoms with Crippen LogP contribution in [0.15, 0.2) is 30.3 Å². The number of carbonyl (C=O) groups excluding carboxylic acids is 2. The zero-order chi connectivity index (χ0) is 17.8. The van der Waals surface area contributed by atoms with E-state index in [1.165, 1.54) is 4.90 Å². The zero-order valence-electron chi connectivity index (χ0n) is 14.0. The number of ether oxygens (including phenoxy) is 1. The molecule has 1 aromatic carbocycles. The molecule has 7 nitrogen and oxygen atoms in total. The number of amides is 2. The van der Waals surface area contributed by atoms with E-state index in [1.54, 1.807) is 4.90 Å². The van der Waals surface area contributed by atoms with Gasteiger partial charge in [0.1, 0.15) is 6.04 Å². The third kappa shape index (κ3) is 3.82. The Morgan fingerprint density at radius 3 is 2.60 bits per heavy atom. The van der Waals surface area contributed by atoms with Crippen LogP contribution >= 0.6 is 0 Å². The van der Waals surface area contributed by atoms with Crippen LogP contribution in [0.25, 0.3) is 0 Å². The van der Waals surface area contributed by atoms with E-state index in [9.17, 15) is 14.4 Å². The minimum Gasteiger partial charge on any atom is -0.479 e. The molecule has 2 atom stereocenters. The van der Waals surface area contributed by atoms with E-state index < -0.39 is 18.1 Å². The highest BCUT2D eigenvalue weighted by atomic mass is 16.5. The highest BCUT2D eigenvalue weighted by Gasteiger charge is 2.38. The van der Waals surface area contributed by atoms with Gasteiger partial charge in [-0.2, -0.15) is 0 Å². The number of hydrogen-bond donors (Lipinski definition) is 1. The van der Waals surface area contributed by atoms with Crippen molar-refractivity contribution in [2.24, 2.45) is 0 Å². The van der Waals surface area contributed by atoms with Crippen LogP contribution in [-0.4, -0.2) is 65.0 Å². The number of piperidine rings is 1. The summed E-state index contributed by atoms with van der Waals surface area (Å²) in [5.74, 6) is -1.35. The molecule has 2 saturated heterocycles. The van der Waals surface area contributed by atoms with Crippen molar-refractivity contribution in [2.75, 3.05) is 26.2 Å². The standard InChI is InChI=1S/C18H22N2O5/c21-15-8-4-5-9-20(15)16(13-6-2-1-3-7-13)17(22)19-10-11-25-14(12-19)18(23)24/h1-3,6-7,14,16H,4-5,8-12H2,(H,23,24)/t14-,16-/m1/s1. The number of hydrogen-bond acceptors (Lipinski definition) is 4. The van der Waals surface area contributed by atoms with Crippen LogP contribution in [0.3, 0.4) is 0 Å². The van der Waals surface area contributed by atoms with E-state index in [2.05, 4.69) is 0 Å². The average Bonchev–Trinajstić information content (AvgIpc) is 2.64. The molecule has 0 aliphatic carbocycles. The molecule has 25 heavy (non-hydrogen) atoms. The molecule has 1 aromatic rings. The van der Waals surface area contributed by atoms with E-state index in [-0.39, 0.29) is 25.0 Å². The molecule has 3 rings (SSSR count). The fourth-order valence-corrected chi connectivity index (χ4v) is 3.36. The van der Waals surface area contributed by atoms with Gasteiger partial charge < -0.3 is 19.6 Å². The lowest BCUT2D eigenvalue weighted by atomic mass is 9.99. The molecular weight excluding hydrogens is 324 g/mol. The van der Waals surface area contributed by atoms with Gasteiger partial charge in [0.25, 0.3) is 0 Å². The average molecular weight is 346 g/mol. The predicted molar refractivity (Wildman–Crippen MR) is 88.7 cm³/mol. The molecule has 2 fully saturated rings. The van der Waals surface area contributed by atoms with Crippen molar-refractivity contribution in [3.63, 3.8) is 0 Å². The molecule has 2 aliphatic rings. The maximum Gasteiger partial charge on any atom is 0.334 e. The van der Waals surface area contributed by atoms with Crippen LogP contribution in [0.5, 0.6) is 0 Å². The second-order valence-electron chi connectivity index (χ2n) is 6.34. The predicted octanol–water partition coefficient (Wildman–Crippen LogP) is 1.05. The quantitative estimate of drug-likeness (QED) is 0.881. The molecule has 0 saturated carbocycles. The Morgan fingerprint density at radius 1 is 1.16 bits per heavy atom. The van der Waals surface area contributed by atoms with Crippen LogP contribution in [0.1, 0.15) is 30.9 Å². The molecule has 0 bridgehead atoms. The van der Waals surface area contributed by atoms with Crippen molar-refractivity contribution >= 4 is 17.8 Å². The third-order valence-electron chi connectivity index (χ3n) is 4.67. The Bertz CT molecular complexity index is 648. The fourth-order valence-electron chi connectivity index (χ4n) is 3.36. The van der Waals surface area contributed by atoms with Gasteiger partial charge in [-0.25, -0.2) is 4.79 Å². The molecule has 2 heterocycles. The van der Waals surface area contributed by atoms with Crippen molar-refractivity contribution in [3.8, 4) is 0 Å². The first-order valence-corrected chi connectivity index (χ1v) is 8.55. The number of aliphatic carboxylic acids is 1. The summed E-state index contributed by atoms with van der Waals surface area (Å²) in [6.45, 7) is 1.04. The number of rotatable bonds is 4. The molecule has 0 aromatic heterocycles. The smallest absolute Gasteiger partial charge is 0.334 e. The molecule has 7 heteroatoms. The van der Waals surface area contributed by atoms with Gasteiger partial charge in [-0.1, -0.05) is 30.3 Å². The zero-order valence-corrected chi connectivity index (χ0v) is 14.0. The Morgan fingerprint density at radius 2 is 1.92 bits per heavy atom. The molecule has 134 valence electrons. The number of carbonyl (C=O) groups is 3. The summed E-state index contributed by atoms with van der Waals surface area (Å²) in [6, 6.07) is 8.49. The second kappa shape index (κ2) is 7.65. The van der Waals surface area contributed by atoms with E-state index in [0.717, 1.165) is 18.4 Å². The molecule has 2 amide bonds. The van der Waals surface area contributed by atoms with Crippen LogP contribution in [0.4, 0.5) is 0 Å². The van der Waals surface area contributed by atoms with Crippen molar-refractivity contribution in [3.05, 3.63) is 35.9 Å². The topological polar surface area (TPSA) is 87.2 Å². The number of likely N-dealkylation sites (tertiary alicyclic amines) is 1. The number of nitrogens with zero attached hydrogens (tertiary/aromatic N) is 2. The van der Waals surface area contributed by atoms with E-state index in [1.807, 2.05) is 30.3 Å². The van der Waals surface area contributed by atoms with Gasteiger partial charge in [-0.3, -0.25) is 9.59 Å². The number of carboxylic acid groups (broad SMARTS) is 1. The lowest BCUT2D eigenvalue weighted by Gasteiger charge is -2.39. The number of benzene rings is 1. The first kappa shape index (κ1) is 17.4. The maximum atomic E-state index is 13.2. The van der Waals surface area contributed by atoms with Gasteiger partial charge in [0.2, 0.25) is 11.8 Å². The summed E-state index contributed by atoms with van der Waals surface area (Å²) < 4.78 is 5.20. The van der Waals surface area contributed by atoms with Gasteiger partial charge >= 0.3 is 5.97 Å². The minimum atomic E-state index is -1.08. The number of morpholine rings is 1. The summed E-state index contributed by atoms with van der Waals surface area (Å²) in [5.41, 5.74) is 0.751. The van der Waals surface area contributed by atoms with E-state index >= 15 is 0 Å². The lowest BCUT2D eigenvalue weighted by molar-refractivity contribution is -0.162. The molecular formula is C18H22N2O5. The van der Waals surface area contributed by atoms with Gasteiger partial charge in [-0.15, -0.1) is 0 Å². The Balaban J connectivity index is 1.87. The maximum absolute atomic E-state index is 13.2. The summed E-state index contributed by atoms with van der Waals surface area (Å²) >= 11 is 0. The minimum absolute atomic E-state index is 0.000466. The van der Waals surface area contributed by atoms with Gasteiger partial charge in [-0.05, 0) is 18.4 Å². The van der Waals surface area contributed by atoms with Gasteiger partial charge in [0, 0.05) is 19.5 Å². The monoisotopic (exact) mass is 346 g/mol. The summed E-state index contributed by atoms with van der Waals surface area (Å²) in [4.78, 5) is 39.9. The van der Waals surface area contributed by atoms with Gasteiger partial charge in [0.15, 0.2) is 6.10 Å². The number of carboxylic acids is 1. The van der Waals surface area contributed by atoms with Crippen molar-refractivity contribution in [2.45, 2.75) is 31.4 Å². The highest BCUT2D eigenvalue weighted by molar-refractivity contribution is 5.89. The molecule has 0 unspecified atom stereocenters. The van der Waals surface area contributed by atoms with Crippen molar-refractivity contribution in [1.82, 2.24) is 9.80 Å². The van der Waals surface area contributed by atoms with Crippen LogP contribution < -0.4 is 0 Å². The Kier molecular flexibility index (Phi) is 5.33. The normalized spacial score (nSPS) is 22.6. The SMILES string of the molecule is O=C(O)[C@H]1CN(C(=O)[C@@H](c2ccccc2)N2CCCCC2=O)CCO1. The first-order valence-electron chi connectivity index (χ1n) is 8.55.